The lowest BCUT2D eigenvalue weighted by Crippen LogP contribution is -2.22. The van der Waals surface area contributed by atoms with Gasteiger partial charge in [-0.15, -0.1) is 0 Å². The Morgan fingerprint density at radius 3 is 1.22 bits per heavy atom. The molecule has 0 aliphatic heterocycles. The Labute approximate surface area is 266 Å². The van der Waals surface area contributed by atoms with E-state index < -0.39 is 6.73 Å². The summed E-state index contributed by atoms with van der Waals surface area (Å²) < 4.78 is 0. The summed E-state index contributed by atoms with van der Waals surface area (Å²) in [6, 6.07) is 46.5. The minimum absolute atomic E-state index is 0.287. The van der Waals surface area contributed by atoms with Crippen LogP contribution in [-0.4, -0.2) is 41.7 Å². The molecule has 0 saturated heterocycles. The van der Waals surface area contributed by atoms with E-state index in [0.29, 0.717) is 40.6 Å². The maximum absolute atomic E-state index is 10.8. The number of benzene rings is 5. The molecule has 0 atom stereocenters. The van der Waals surface area contributed by atoms with Crippen LogP contribution in [0.25, 0.3) is 45.6 Å². The second-order valence-electron chi connectivity index (χ2n) is 10.3. The summed E-state index contributed by atoms with van der Waals surface area (Å²) >= 11 is 0. The van der Waals surface area contributed by atoms with Crippen LogP contribution in [0.3, 0.4) is 0 Å². The van der Waals surface area contributed by atoms with Crippen molar-refractivity contribution < 1.29 is 5.11 Å². The molecule has 0 spiro atoms. The molecule has 7 aromatic rings. The summed E-state index contributed by atoms with van der Waals surface area (Å²) in [6.45, 7) is -0.396. The summed E-state index contributed by atoms with van der Waals surface area (Å²) in [5, 5.41) is 14.2. The normalized spacial score (nSPS) is 10.8. The van der Waals surface area contributed by atoms with Gasteiger partial charge >= 0.3 is 0 Å². The molecule has 2 heterocycles. The molecule has 5 aromatic carbocycles. The van der Waals surface area contributed by atoms with E-state index in [4.69, 9.17) is 29.9 Å². The van der Waals surface area contributed by atoms with Gasteiger partial charge in [-0.05, 0) is 12.1 Å². The van der Waals surface area contributed by atoms with Gasteiger partial charge in [0.05, 0.1) is 11.4 Å². The van der Waals surface area contributed by atoms with Gasteiger partial charge in [-0.2, -0.15) is 19.9 Å². The van der Waals surface area contributed by atoms with E-state index in [2.05, 4.69) is 5.32 Å². The monoisotopic (exact) mass is 600 g/mol. The molecule has 46 heavy (non-hydrogen) atoms. The van der Waals surface area contributed by atoms with Crippen LogP contribution in [-0.2, 0) is 0 Å². The summed E-state index contributed by atoms with van der Waals surface area (Å²) in [6.07, 6.45) is 0. The number of anilines is 4. The molecule has 2 N–H and O–H groups in total. The number of aliphatic hydroxyl groups is 1. The second kappa shape index (κ2) is 13.1. The maximum atomic E-state index is 10.8. The molecule has 0 radical (unpaired) electrons. The van der Waals surface area contributed by atoms with Gasteiger partial charge in [0.25, 0.3) is 0 Å². The average molecular weight is 601 g/mol. The van der Waals surface area contributed by atoms with E-state index in [1.165, 1.54) is 0 Å². The fourth-order valence-corrected chi connectivity index (χ4v) is 4.96. The molecule has 0 amide bonds. The number of nitrogens with zero attached hydrogens (tertiary/aromatic N) is 7. The van der Waals surface area contributed by atoms with Crippen molar-refractivity contribution in [3.05, 3.63) is 146 Å². The number of hydrogen-bond donors (Lipinski definition) is 2. The van der Waals surface area contributed by atoms with E-state index in [9.17, 15) is 5.11 Å². The number of aliphatic hydroxyl groups excluding tert-OH is 1. The second-order valence-corrected chi connectivity index (χ2v) is 10.3. The predicted octanol–water partition coefficient (Wildman–Crippen LogP) is 7.56. The number of rotatable bonds is 9. The van der Waals surface area contributed by atoms with Crippen molar-refractivity contribution in [3.63, 3.8) is 0 Å². The van der Waals surface area contributed by atoms with Crippen LogP contribution in [0.1, 0.15) is 0 Å². The smallest absolute Gasteiger partial charge is 0.236 e. The van der Waals surface area contributed by atoms with E-state index in [1.54, 1.807) is 4.90 Å². The Balaban J connectivity index is 1.32. The van der Waals surface area contributed by atoms with E-state index in [1.807, 2.05) is 146 Å². The van der Waals surface area contributed by atoms with Crippen molar-refractivity contribution in [2.45, 2.75) is 0 Å². The summed E-state index contributed by atoms with van der Waals surface area (Å²) in [5.41, 5.74) is 4.66. The molecule has 7 rings (SSSR count). The Bertz CT molecular complexity index is 1950. The minimum Gasteiger partial charge on any atom is -0.376 e. The first kappa shape index (κ1) is 28.5. The average Bonchev–Trinajstić information content (AvgIpc) is 3.14. The first-order valence-corrected chi connectivity index (χ1v) is 14.7. The van der Waals surface area contributed by atoms with E-state index in [-0.39, 0.29) is 5.95 Å². The van der Waals surface area contributed by atoms with Crippen molar-refractivity contribution in [3.8, 4) is 45.6 Å². The van der Waals surface area contributed by atoms with Crippen LogP contribution >= 0.6 is 0 Å². The van der Waals surface area contributed by atoms with E-state index >= 15 is 0 Å². The molecule has 0 aliphatic rings. The van der Waals surface area contributed by atoms with Gasteiger partial charge in [0.15, 0.2) is 23.3 Å². The molecule has 2 aromatic heterocycles. The first-order chi connectivity index (χ1) is 22.7. The molecular weight excluding hydrogens is 572 g/mol. The van der Waals surface area contributed by atoms with Gasteiger partial charge in [0.2, 0.25) is 11.9 Å². The van der Waals surface area contributed by atoms with Gasteiger partial charge in [0, 0.05) is 22.3 Å². The molecule has 222 valence electrons. The first-order valence-electron chi connectivity index (χ1n) is 14.7. The van der Waals surface area contributed by atoms with Crippen LogP contribution in [0, 0.1) is 0 Å². The Kier molecular flexibility index (Phi) is 8.12. The van der Waals surface area contributed by atoms with Gasteiger partial charge in [0.1, 0.15) is 6.73 Å². The number of hydrogen-bond acceptors (Lipinski definition) is 9. The highest BCUT2D eigenvalue weighted by molar-refractivity contribution is 5.78. The molecule has 0 aliphatic carbocycles. The molecule has 9 nitrogen and oxygen atoms in total. The highest BCUT2D eigenvalue weighted by atomic mass is 16.3. The lowest BCUT2D eigenvalue weighted by molar-refractivity contribution is 0.303. The van der Waals surface area contributed by atoms with Crippen molar-refractivity contribution in [1.29, 1.82) is 0 Å². The van der Waals surface area contributed by atoms with Crippen molar-refractivity contribution in [2.75, 3.05) is 16.9 Å². The van der Waals surface area contributed by atoms with Gasteiger partial charge in [-0.3, -0.25) is 4.90 Å². The highest BCUT2D eigenvalue weighted by Crippen LogP contribution is 2.34. The lowest BCUT2D eigenvalue weighted by atomic mass is 10.2. The molecule has 0 saturated carbocycles. The third-order valence-electron chi connectivity index (χ3n) is 7.21. The Morgan fingerprint density at radius 1 is 0.435 bits per heavy atom. The SMILES string of the molecule is OCN(c1nc(-c2ccccc2)nc(-c2ccccc2)n1)c1ccccc1Nc1nc(-c2ccccc2)nc(-c2ccccc2)n1. The van der Waals surface area contributed by atoms with Gasteiger partial charge < -0.3 is 10.4 Å². The Hall–Kier alpha value is -6.32. The van der Waals surface area contributed by atoms with Crippen LogP contribution in [0.15, 0.2) is 146 Å². The largest absolute Gasteiger partial charge is 0.376 e. The zero-order valence-corrected chi connectivity index (χ0v) is 24.6. The Morgan fingerprint density at radius 2 is 0.804 bits per heavy atom. The standard InChI is InChI=1S/C37H28N8O/c46-25-45(37-43-34(28-19-9-3-10-20-28)40-35(44-37)29-21-11-4-12-22-29)31-24-14-13-23-30(31)38-36-41-32(26-15-5-1-6-16-26)39-33(42-36)27-17-7-2-8-18-27/h1-24,46H,25H2,(H,38,39,41,42). The third kappa shape index (κ3) is 6.17. The molecule has 0 bridgehead atoms. The van der Waals surface area contributed by atoms with Crippen LogP contribution in [0.2, 0.25) is 0 Å². The summed E-state index contributed by atoms with van der Waals surface area (Å²) in [4.78, 5) is 30.3. The van der Waals surface area contributed by atoms with Crippen molar-refractivity contribution in [2.24, 2.45) is 0 Å². The number of para-hydroxylation sites is 2. The van der Waals surface area contributed by atoms with Crippen LogP contribution in [0.4, 0.5) is 23.3 Å². The molecule has 0 unspecified atom stereocenters. The molecular formula is C37H28N8O. The van der Waals surface area contributed by atoms with Crippen molar-refractivity contribution in [1.82, 2.24) is 29.9 Å². The fraction of sp³-hybridized carbons (Fsp3) is 0.0270. The third-order valence-corrected chi connectivity index (χ3v) is 7.21. The minimum atomic E-state index is -0.396. The zero-order valence-electron chi connectivity index (χ0n) is 24.6. The lowest BCUT2D eigenvalue weighted by Gasteiger charge is -2.24. The molecule has 0 fully saturated rings. The number of aromatic nitrogens is 6. The quantitative estimate of drug-likeness (QED) is 0.162. The predicted molar refractivity (Wildman–Crippen MR) is 180 cm³/mol. The number of nitrogens with one attached hydrogen (secondary N) is 1. The van der Waals surface area contributed by atoms with Crippen LogP contribution < -0.4 is 10.2 Å². The van der Waals surface area contributed by atoms with Gasteiger partial charge in [-0.1, -0.05) is 133 Å². The molecule has 9 heteroatoms. The van der Waals surface area contributed by atoms with Crippen molar-refractivity contribution >= 4 is 23.3 Å². The fourth-order valence-electron chi connectivity index (χ4n) is 4.96. The summed E-state index contributed by atoms with van der Waals surface area (Å²) in [7, 11) is 0. The topological polar surface area (TPSA) is 113 Å². The maximum Gasteiger partial charge on any atom is 0.236 e. The van der Waals surface area contributed by atoms with Crippen LogP contribution in [0.5, 0.6) is 0 Å². The van der Waals surface area contributed by atoms with E-state index in [0.717, 1.165) is 22.3 Å². The highest BCUT2D eigenvalue weighted by Gasteiger charge is 2.20. The van der Waals surface area contributed by atoms with Gasteiger partial charge in [-0.25, -0.2) is 9.97 Å². The zero-order chi connectivity index (χ0) is 31.1. The summed E-state index contributed by atoms with van der Waals surface area (Å²) in [5.74, 6) is 2.69.